The van der Waals surface area contributed by atoms with E-state index in [1.807, 2.05) is 35.1 Å². The summed E-state index contributed by atoms with van der Waals surface area (Å²) in [6, 6.07) is 12.9. The highest BCUT2D eigenvalue weighted by Gasteiger charge is 2.28. The average molecular weight is 634 g/mol. The van der Waals surface area contributed by atoms with Gasteiger partial charge in [0.05, 0.1) is 10.3 Å². The van der Waals surface area contributed by atoms with Crippen molar-refractivity contribution in [1.82, 2.24) is 0 Å². The Morgan fingerprint density at radius 2 is 1.78 bits per heavy atom. The lowest BCUT2D eigenvalue weighted by atomic mass is 9.86. The number of pyridine rings is 1. The number of benzene rings is 2. The van der Waals surface area contributed by atoms with Gasteiger partial charge in [-0.2, -0.15) is 13.0 Å². The first-order valence-corrected chi connectivity index (χ1v) is 17.0. The molecule has 3 aromatic rings. The second-order valence-corrected chi connectivity index (χ2v) is 13.8. The predicted octanol–water partition coefficient (Wildman–Crippen LogP) is 7.54. The molecule has 1 aromatic heterocycles. The Morgan fingerprint density at radius 1 is 1.02 bits per heavy atom. The van der Waals surface area contributed by atoms with Gasteiger partial charge >= 0.3 is 5.97 Å². The van der Waals surface area contributed by atoms with Crippen molar-refractivity contribution < 1.29 is 32.2 Å². The van der Waals surface area contributed by atoms with Gasteiger partial charge in [0.15, 0.2) is 6.20 Å². The molecule has 0 saturated carbocycles. The summed E-state index contributed by atoms with van der Waals surface area (Å²) in [6.45, 7) is 13.2. The molecular weight excluding hydrogens is 588 g/mol. The molecule has 0 amide bonds. The number of aryl methyl sites for hydroxylation is 1. The van der Waals surface area contributed by atoms with Crippen LogP contribution in [0.5, 0.6) is 5.75 Å². The van der Waals surface area contributed by atoms with E-state index in [1.165, 1.54) is 12.1 Å². The number of carboxylic acids is 1. The number of ether oxygens (including phenoxy) is 1. The maximum Gasteiger partial charge on any atom is 0.303 e. The third-order valence-electron chi connectivity index (χ3n) is 8.09. The molecule has 2 N–H and O–H groups in total. The van der Waals surface area contributed by atoms with Gasteiger partial charge in [0.2, 0.25) is 5.52 Å². The number of carboxylic acid groups (broad SMARTS) is 1. The van der Waals surface area contributed by atoms with Gasteiger partial charge in [-0.25, -0.2) is 0 Å². The van der Waals surface area contributed by atoms with E-state index in [0.717, 1.165) is 59.8 Å². The minimum absolute atomic E-state index is 0.0142. The molecule has 0 bridgehead atoms. The first kappa shape index (κ1) is 33.9. The molecule has 0 fully saturated rings. The fraction of sp³-hybridized carbons (Fsp3) is 0.389. The lowest BCUT2D eigenvalue weighted by Crippen LogP contribution is -2.34. The third kappa shape index (κ3) is 8.61. The van der Waals surface area contributed by atoms with E-state index in [1.54, 1.807) is 6.07 Å². The zero-order valence-corrected chi connectivity index (χ0v) is 27.7. The second kappa shape index (κ2) is 14.4. The Labute approximate surface area is 267 Å². The Bertz CT molecular complexity index is 1730. The molecule has 8 nitrogen and oxygen atoms in total. The lowest BCUT2D eigenvalue weighted by molar-refractivity contribution is -0.671. The molecule has 0 spiro atoms. The molecule has 1 atom stereocenters. The molecule has 1 aliphatic heterocycles. The summed E-state index contributed by atoms with van der Waals surface area (Å²) in [7, 11) is -4.38. The molecule has 240 valence electrons. The van der Waals surface area contributed by atoms with Crippen molar-refractivity contribution in [1.29, 1.82) is 0 Å². The van der Waals surface area contributed by atoms with Gasteiger partial charge in [0.1, 0.15) is 18.1 Å². The molecule has 2 aromatic carbocycles. The van der Waals surface area contributed by atoms with E-state index < -0.39 is 16.1 Å². The molecule has 1 unspecified atom stereocenters. The number of hydrogen-bond donors (Lipinski definition) is 2. The standard InChI is InChI=1S/C36H44N2O6S/c1-6-37(7-2)28-16-18-30-27(23-34(36(3,4)5)44-33(30)24-28)14-11-10-13-26-20-22-38(21-12-8-9-15-35(39)40)32-19-17-29(25-31(26)32)45(41,42)43/h10-11,13-14,16-20,22-25,27H,6-9,12,15,21H2,1-5H3,(H-,39,40,41,42,43)/p+1/b13-10+,14-11+. The van der Waals surface area contributed by atoms with Crippen LogP contribution in [-0.4, -0.2) is 37.1 Å². The number of aliphatic carboxylic acids is 1. The fourth-order valence-electron chi connectivity index (χ4n) is 5.56. The second-order valence-electron chi connectivity index (χ2n) is 12.4. The van der Waals surface area contributed by atoms with Crippen LogP contribution in [0.25, 0.3) is 17.0 Å². The van der Waals surface area contributed by atoms with Crippen LogP contribution in [0.1, 0.15) is 77.3 Å². The maximum atomic E-state index is 12.0. The lowest BCUT2D eigenvalue weighted by Gasteiger charge is -2.31. The molecule has 2 heterocycles. The van der Waals surface area contributed by atoms with Gasteiger partial charge < -0.3 is 14.7 Å². The first-order valence-electron chi connectivity index (χ1n) is 15.6. The van der Waals surface area contributed by atoms with Crippen LogP contribution in [0.4, 0.5) is 5.69 Å². The number of aromatic nitrogens is 1. The zero-order valence-electron chi connectivity index (χ0n) is 26.9. The zero-order chi connectivity index (χ0) is 32.8. The SMILES string of the molecule is CCN(CC)c1ccc2c(c1)OC(C(C)(C)C)=CC2/C=C/C=C/c1cc[n+](CCCCCC(=O)O)c2ccc(S(=O)(=O)O)cc12. The molecule has 4 rings (SSSR count). The van der Waals surface area contributed by atoms with Crippen LogP contribution >= 0.6 is 0 Å². The summed E-state index contributed by atoms with van der Waals surface area (Å²) in [5, 5.41) is 9.59. The number of carbonyl (C=O) groups is 1. The number of hydrogen-bond acceptors (Lipinski definition) is 5. The van der Waals surface area contributed by atoms with Gasteiger partial charge in [0, 0.05) is 66.7 Å². The number of unbranched alkanes of at least 4 members (excludes halogenated alkanes) is 2. The van der Waals surface area contributed by atoms with Gasteiger partial charge in [-0.15, -0.1) is 0 Å². The molecule has 45 heavy (non-hydrogen) atoms. The van der Waals surface area contributed by atoms with Gasteiger partial charge in [0.25, 0.3) is 10.1 Å². The summed E-state index contributed by atoms with van der Waals surface area (Å²) < 4.78 is 42.1. The van der Waals surface area contributed by atoms with E-state index in [4.69, 9.17) is 9.84 Å². The fourth-order valence-corrected chi connectivity index (χ4v) is 6.06. The van der Waals surface area contributed by atoms with Crippen LogP contribution in [0.2, 0.25) is 0 Å². The van der Waals surface area contributed by atoms with Crippen LogP contribution in [0.15, 0.2) is 83.6 Å². The number of nitrogens with zero attached hydrogens (tertiary/aromatic N) is 2. The van der Waals surface area contributed by atoms with E-state index in [-0.39, 0.29) is 22.6 Å². The Morgan fingerprint density at radius 3 is 2.44 bits per heavy atom. The molecule has 1 aliphatic rings. The average Bonchev–Trinajstić information content (AvgIpc) is 2.98. The summed E-state index contributed by atoms with van der Waals surface area (Å²) >= 11 is 0. The van der Waals surface area contributed by atoms with Crippen molar-refractivity contribution in [3.63, 3.8) is 0 Å². The summed E-state index contributed by atoms with van der Waals surface area (Å²) in [5.41, 5.74) is 3.70. The highest BCUT2D eigenvalue weighted by atomic mass is 32.2. The van der Waals surface area contributed by atoms with Crippen molar-refractivity contribution in [3.05, 3.63) is 89.9 Å². The van der Waals surface area contributed by atoms with Gasteiger partial charge in [-0.3, -0.25) is 9.35 Å². The first-order chi connectivity index (χ1) is 21.3. The van der Waals surface area contributed by atoms with Crippen LogP contribution in [-0.2, 0) is 21.5 Å². The minimum Gasteiger partial charge on any atom is -0.481 e. The Kier molecular flexibility index (Phi) is 10.9. The smallest absolute Gasteiger partial charge is 0.303 e. The Balaban J connectivity index is 1.64. The number of fused-ring (bicyclic) bond motifs is 2. The van der Waals surface area contributed by atoms with E-state index in [2.05, 4.69) is 69.9 Å². The van der Waals surface area contributed by atoms with Crippen LogP contribution in [0, 0.1) is 5.41 Å². The molecule has 0 aliphatic carbocycles. The van der Waals surface area contributed by atoms with E-state index >= 15 is 0 Å². The van der Waals surface area contributed by atoms with Crippen molar-refractivity contribution in [2.75, 3.05) is 18.0 Å². The van der Waals surface area contributed by atoms with Crippen molar-refractivity contribution >= 4 is 38.8 Å². The molecular formula is C36H45N2O6S+. The topological polar surface area (TPSA) is 108 Å². The van der Waals surface area contributed by atoms with Gasteiger partial charge in [-0.05, 0) is 56.5 Å². The quantitative estimate of drug-likeness (QED) is 0.0867. The number of rotatable bonds is 13. The van der Waals surface area contributed by atoms with Crippen molar-refractivity contribution in [2.45, 2.75) is 77.7 Å². The summed E-state index contributed by atoms with van der Waals surface area (Å²) in [6.07, 6.45) is 14.4. The number of allylic oxidation sites excluding steroid dienone is 5. The molecule has 0 saturated heterocycles. The van der Waals surface area contributed by atoms with E-state index in [0.29, 0.717) is 18.4 Å². The number of anilines is 1. The highest BCUT2D eigenvalue weighted by Crippen LogP contribution is 2.42. The predicted molar refractivity (Wildman–Crippen MR) is 179 cm³/mol. The molecule has 9 heteroatoms. The monoisotopic (exact) mass is 633 g/mol. The largest absolute Gasteiger partial charge is 0.481 e. The van der Waals surface area contributed by atoms with Crippen molar-refractivity contribution in [2.24, 2.45) is 5.41 Å². The van der Waals surface area contributed by atoms with Gasteiger partial charge in [-0.1, -0.05) is 51.1 Å². The minimum atomic E-state index is -4.38. The maximum absolute atomic E-state index is 12.0. The summed E-state index contributed by atoms with van der Waals surface area (Å²) in [5.74, 6) is 1.00. The van der Waals surface area contributed by atoms with Crippen LogP contribution in [0.3, 0.4) is 0 Å². The summed E-state index contributed by atoms with van der Waals surface area (Å²) in [4.78, 5) is 13.0. The third-order valence-corrected chi connectivity index (χ3v) is 8.94. The normalized spacial score (nSPS) is 15.3. The Hall–Kier alpha value is -3.95. The van der Waals surface area contributed by atoms with E-state index in [9.17, 15) is 17.8 Å². The molecule has 0 radical (unpaired) electrons. The van der Waals surface area contributed by atoms with Crippen LogP contribution < -0.4 is 14.2 Å². The highest BCUT2D eigenvalue weighted by molar-refractivity contribution is 7.85. The van der Waals surface area contributed by atoms with Crippen molar-refractivity contribution in [3.8, 4) is 5.75 Å².